The average molecular weight is 388 g/mol. The lowest BCUT2D eigenvalue weighted by Gasteiger charge is -2.28. The third-order valence-electron chi connectivity index (χ3n) is 4.31. The number of benzene rings is 1. The summed E-state index contributed by atoms with van der Waals surface area (Å²) in [7, 11) is -2.94. The van der Waals surface area contributed by atoms with E-state index in [2.05, 4.69) is 35.3 Å². The van der Waals surface area contributed by atoms with E-state index in [0.29, 0.717) is 5.56 Å². The van der Waals surface area contributed by atoms with Crippen LogP contribution in [0.2, 0.25) is 19.6 Å². The summed E-state index contributed by atoms with van der Waals surface area (Å²) in [5.41, 5.74) is 0.602. The van der Waals surface area contributed by atoms with Crippen molar-refractivity contribution in [1.82, 2.24) is 20.3 Å². The summed E-state index contributed by atoms with van der Waals surface area (Å²) < 4.78 is 6.84. The van der Waals surface area contributed by atoms with E-state index in [1.807, 2.05) is 0 Å². The number of nitrogens with one attached hydrogen (secondary N) is 1. The van der Waals surface area contributed by atoms with Gasteiger partial charge in [-0.15, -0.1) is 5.10 Å². The molecule has 1 atom stereocenters. The van der Waals surface area contributed by atoms with Crippen molar-refractivity contribution in [1.29, 1.82) is 0 Å². The number of carboxylic acids is 1. The van der Waals surface area contributed by atoms with Crippen molar-refractivity contribution in [2.75, 3.05) is 0 Å². The van der Waals surface area contributed by atoms with Gasteiger partial charge in [0.05, 0.1) is 16.8 Å². The molecule has 142 valence electrons. The standard InChI is InChI=1S/C16H21BN4O5Si/c1-27(2,3)14-9-21(20-19-14)8-13(22)18-12-7-10-5-4-6-11(16(23)24)15(10)26-17(12)25/h4-6,9,12,25H,7-8H2,1-3H3,(H,18,22)(H,23,24)/t12-/m0/s1. The molecule has 1 aliphatic heterocycles. The van der Waals surface area contributed by atoms with Gasteiger partial charge >= 0.3 is 13.1 Å². The molecule has 3 N–H and O–H groups in total. The fourth-order valence-corrected chi connectivity index (χ4v) is 3.72. The van der Waals surface area contributed by atoms with Crippen LogP contribution < -0.4 is 15.3 Å². The number of nitrogens with zero attached hydrogens (tertiary/aromatic N) is 3. The highest BCUT2D eigenvalue weighted by Gasteiger charge is 2.37. The number of aromatic nitrogens is 3. The number of carbonyl (C=O) groups excluding carboxylic acids is 1. The predicted octanol–water partition coefficient (Wildman–Crippen LogP) is -0.339. The van der Waals surface area contributed by atoms with Crippen LogP contribution in [0.5, 0.6) is 5.75 Å². The van der Waals surface area contributed by atoms with Gasteiger partial charge in [0, 0.05) is 6.20 Å². The zero-order valence-electron chi connectivity index (χ0n) is 15.3. The van der Waals surface area contributed by atoms with E-state index in [0.717, 1.165) is 5.32 Å². The lowest BCUT2D eigenvalue weighted by molar-refractivity contribution is -0.122. The van der Waals surface area contributed by atoms with Crippen LogP contribution in [0.3, 0.4) is 0 Å². The fraction of sp³-hybridized carbons (Fsp3) is 0.375. The SMILES string of the molecule is C[Si](C)(C)c1cn(CC(=O)N[C@H]2Cc3cccc(C(=O)O)c3OB2O)nn1. The molecule has 0 saturated carbocycles. The van der Waals surface area contributed by atoms with E-state index in [1.165, 1.54) is 10.7 Å². The van der Waals surface area contributed by atoms with Crippen molar-refractivity contribution in [3.63, 3.8) is 0 Å². The monoisotopic (exact) mass is 388 g/mol. The smallest absolute Gasteiger partial charge is 0.534 e. The molecular weight excluding hydrogens is 367 g/mol. The van der Waals surface area contributed by atoms with Crippen LogP contribution in [0.1, 0.15) is 15.9 Å². The van der Waals surface area contributed by atoms with Gasteiger partial charge in [-0.3, -0.25) is 4.79 Å². The third kappa shape index (κ3) is 4.20. The summed E-state index contributed by atoms with van der Waals surface area (Å²) >= 11 is 0. The maximum atomic E-state index is 12.3. The Hall–Kier alpha value is -2.66. The van der Waals surface area contributed by atoms with Gasteiger partial charge in [-0.05, 0) is 18.1 Å². The minimum absolute atomic E-state index is 0.0159. The van der Waals surface area contributed by atoms with Crippen LogP contribution in [0, 0.1) is 0 Å². The van der Waals surface area contributed by atoms with E-state index in [-0.39, 0.29) is 30.2 Å². The molecule has 2 aromatic rings. The van der Waals surface area contributed by atoms with Crippen LogP contribution in [-0.2, 0) is 17.8 Å². The normalized spacial score (nSPS) is 16.4. The molecule has 0 saturated heterocycles. The van der Waals surface area contributed by atoms with Crippen molar-refractivity contribution in [3.05, 3.63) is 35.5 Å². The van der Waals surface area contributed by atoms with Crippen LogP contribution in [0.15, 0.2) is 24.4 Å². The first-order valence-electron chi connectivity index (χ1n) is 8.55. The second kappa shape index (κ2) is 7.16. The Morgan fingerprint density at radius 1 is 1.41 bits per heavy atom. The Bertz CT molecular complexity index is 882. The van der Waals surface area contributed by atoms with Gasteiger partial charge < -0.3 is 20.1 Å². The quantitative estimate of drug-likeness (QED) is 0.598. The van der Waals surface area contributed by atoms with Crippen LogP contribution in [0.4, 0.5) is 0 Å². The number of rotatable bonds is 5. The fourth-order valence-electron chi connectivity index (χ4n) is 2.83. The first-order valence-corrected chi connectivity index (χ1v) is 12.0. The molecule has 1 aromatic heterocycles. The van der Waals surface area contributed by atoms with Crippen molar-refractivity contribution in [2.45, 2.75) is 38.5 Å². The molecular formula is C16H21BN4O5Si. The predicted molar refractivity (Wildman–Crippen MR) is 101 cm³/mol. The maximum Gasteiger partial charge on any atom is 0.547 e. The number of aromatic carboxylic acids is 1. The van der Waals surface area contributed by atoms with Crippen molar-refractivity contribution < 1.29 is 24.4 Å². The highest BCUT2D eigenvalue weighted by molar-refractivity contribution is 6.88. The van der Waals surface area contributed by atoms with E-state index < -0.39 is 27.1 Å². The molecule has 27 heavy (non-hydrogen) atoms. The van der Waals surface area contributed by atoms with Gasteiger partial charge in [-0.1, -0.05) is 37.0 Å². The molecule has 0 spiro atoms. The Labute approximate surface area is 157 Å². The molecule has 0 bridgehead atoms. The largest absolute Gasteiger partial charge is 0.547 e. The molecule has 11 heteroatoms. The molecule has 3 rings (SSSR count). The summed E-state index contributed by atoms with van der Waals surface area (Å²) in [5.74, 6) is -2.02. The Morgan fingerprint density at radius 3 is 2.78 bits per heavy atom. The topological polar surface area (TPSA) is 127 Å². The van der Waals surface area contributed by atoms with E-state index in [1.54, 1.807) is 18.3 Å². The zero-order valence-corrected chi connectivity index (χ0v) is 16.3. The second-order valence-corrected chi connectivity index (χ2v) is 12.5. The second-order valence-electron chi connectivity index (χ2n) is 7.54. The van der Waals surface area contributed by atoms with Crippen LogP contribution in [-0.4, -0.2) is 58.1 Å². The molecule has 1 amide bonds. The first-order chi connectivity index (χ1) is 12.6. The summed E-state index contributed by atoms with van der Waals surface area (Å²) in [6.07, 6.45) is 2.04. The van der Waals surface area contributed by atoms with Gasteiger partial charge in [0.1, 0.15) is 20.4 Å². The molecule has 0 radical (unpaired) electrons. The summed E-state index contributed by atoms with van der Waals surface area (Å²) in [6, 6.07) is 4.73. The summed E-state index contributed by atoms with van der Waals surface area (Å²) in [6.45, 7) is 6.39. The number of fused-ring (bicyclic) bond motifs is 1. The number of amides is 1. The van der Waals surface area contributed by atoms with Gasteiger partial charge in [-0.2, -0.15) is 0 Å². The summed E-state index contributed by atoms with van der Waals surface area (Å²) in [5, 5.41) is 31.1. The van der Waals surface area contributed by atoms with Crippen LogP contribution in [0.25, 0.3) is 0 Å². The molecule has 2 heterocycles. The van der Waals surface area contributed by atoms with Crippen LogP contribution >= 0.6 is 0 Å². The number of para-hydroxylation sites is 1. The number of carboxylic acid groups (broad SMARTS) is 1. The molecule has 1 aliphatic rings. The maximum absolute atomic E-state index is 12.3. The number of hydrogen-bond acceptors (Lipinski definition) is 6. The average Bonchev–Trinajstić information content (AvgIpc) is 3.03. The highest BCUT2D eigenvalue weighted by Crippen LogP contribution is 2.30. The minimum atomic E-state index is -1.61. The Balaban J connectivity index is 1.68. The lowest BCUT2D eigenvalue weighted by Crippen LogP contribution is -2.53. The molecule has 0 unspecified atom stereocenters. The molecule has 9 nitrogen and oxygen atoms in total. The van der Waals surface area contributed by atoms with E-state index in [4.69, 9.17) is 4.65 Å². The van der Waals surface area contributed by atoms with Gasteiger partial charge in [-0.25, -0.2) is 9.48 Å². The number of hydrogen-bond donors (Lipinski definition) is 3. The third-order valence-corrected chi connectivity index (χ3v) is 6.07. The zero-order chi connectivity index (χ0) is 19.8. The highest BCUT2D eigenvalue weighted by atomic mass is 28.3. The van der Waals surface area contributed by atoms with Gasteiger partial charge in [0.2, 0.25) is 5.91 Å². The lowest BCUT2D eigenvalue weighted by atomic mass is 9.72. The first kappa shape index (κ1) is 19.1. The van der Waals surface area contributed by atoms with Crippen molar-refractivity contribution in [2.24, 2.45) is 0 Å². The molecule has 1 aromatic carbocycles. The minimum Gasteiger partial charge on any atom is -0.534 e. The van der Waals surface area contributed by atoms with E-state index >= 15 is 0 Å². The van der Waals surface area contributed by atoms with Gasteiger partial charge in [0.25, 0.3) is 0 Å². The van der Waals surface area contributed by atoms with E-state index in [9.17, 15) is 19.7 Å². The Morgan fingerprint density at radius 2 is 2.15 bits per heavy atom. The Kier molecular flexibility index (Phi) is 5.07. The summed E-state index contributed by atoms with van der Waals surface area (Å²) in [4.78, 5) is 23.6. The molecule has 0 aliphatic carbocycles. The van der Waals surface area contributed by atoms with Crippen molar-refractivity contribution in [3.8, 4) is 5.75 Å². The molecule has 0 fully saturated rings. The number of carbonyl (C=O) groups is 2. The van der Waals surface area contributed by atoms with Gasteiger partial charge in [0.15, 0.2) is 0 Å². The van der Waals surface area contributed by atoms with Crippen molar-refractivity contribution >= 4 is 32.4 Å².